The standard InChI is InChI=1S/C25H23N5O/c1-12(26)21(14(3)31)16-9-10-18-20(11-16)30-25-23(18)24(28-15(4)29-25)22-13(2)27-19-8-6-5-7-17(19)22/h5-11,26-27,31H,1-4H3,(H,28,29,30)/b21-14+,26-12?. The first kappa shape index (κ1) is 19.1. The lowest BCUT2D eigenvalue weighted by molar-refractivity contribution is 0.418. The van der Waals surface area contributed by atoms with Crippen molar-refractivity contribution in [3.8, 4) is 11.3 Å². The molecule has 0 spiro atoms. The molecule has 3 heterocycles. The minimum atomic E-state index is 0.133. The number of para-hydroxylation sites is 1. The first-order chi connectivity index (χ1) is 14.8. The van der Waals surface area contributed by atoms with E-state index in [-0.39, 0.29) is 5.76 Å². The van der Waals surface area contributed by atoms with E-state index in [4.69, 9.17) is 10.4 Å². The number of aromatic nitrogens is 4. The van der Waals surface area contributed by atoms with Crippen molar-refractivity contribution in [2.24, 2.45) is 0 Å². The summed E-state index contributed by atoms with van der Waals surface area (Å²) in [5.74, 6) is 0.829. The van der Waals surface area contributed by atoms with Crippen LogP contribution in [-0.4, -0.2) is 30.8 Å². The molecule has 0 bridgehead atoms. The lowest BCUT2D eigenvalue weighted by atomic mass is 9.98. The van der Waals surface area contributed by atoms with Gasteiger partial charge in [-0.05, 0) is 45.4 Å². The molecular formula is C25H23N5O. The topological polar surface area (TPSA) is 101 Å². The minimum Gasteiger partial charge on any atom is -0.512 e. The Bertz CT molecular complexity index is 1550. The molecule has 0 atom stereocenters. The van der Waals surface area contributed by atoms with Gasteiger partial charge in [0.15, 0.2) is 0 Å². The van der Waals surface area contributed by atoms with Gasteiger partial charge in [0.1, 0.15) is 11.5 Å². The Morgan fingerprint density at radius 3 is 2.45 bits per heavy atom. The van der Waals surface area contributed by atoms with Crippen LogP contribution in [0.1, 0.15) is 30.9 Å². The molecule has 6 nitrogen and oxygen atoms in total. The summed E-state index contributed by atoms with van der Waals surface area (Å²) in [5, 5.41) is 21.2. The molecule has 0 fully saturated rings. The summed E-state index contributed by atoms with van der Waals surface area (Å²) in [6.07, 6.45) is 0. The Morgan fingerprint density at radius 1 is 0.935 bits per heavy atom. The number of allylic oxidation sites excluding steroid dienone is 2. The second kappa shape index (κ2) is 6.80. The molecule has 0 saturated carbocycles. The van der Waals surface area contributed by atoms with Crippen LogP contribution in [0.15, 0.2) is 48.2 Å². The molecular weight excluding hydrogens is 386 g/mol. The fourth-order valence-electron chi connectivity index (χ4n) is 4.53. The zero-order valence-electron chi connectivity index (χ0n) is 17.9. The Hall–Kier alpha value is -3.93. The largest absolute Gasteiger partial charge is 0.512 e. The van der Waals surface area contributed by atoms with Crippen LogP contribution in [-0.2, 0) is 0 Å². The van der Waals surface area contributed by atoms with Gasteiger partial charge in [0.05, 0.1) is 16.8 Å². The maximum Gasteiger partial charge on any atom is 0.142 e. The molecule has 0 amide bonds. The number of benzene rings is 2. The number of aliphatic hydroxyl groups excluding tert-OH is 1. The summed E-state index contributed by atoms with van der Waals surface area (Å²) in [6, 6.07) is 14.2. The van der Waals surface area contributed by atoms with E-state index in [1.807, 2.05) is 37.3 Å². The normalized spacial score (nSPS) is 12.6. The molecule has 31 heavy (non-hydrogen) atoms. The summed E-state index contributed by atoms with van der Waals surface area (Å²) in [4.78, 5) is 16.4. The van der Waals surface area contributed by atoms with Crippen LogP contribution in [0.2, 0.25) is 0 Å². The van der Waals surface area contributed by atoms with Gasteiger partial charge in [0.2, 0.25) is 0 Å². The zero-order valence-corrected chi connectivity index (χ0v) is 17.9. The van der Waals surface area contributed by atoms with Gasteiger partial charge in [-0.1, -0.05) is 30.3 Å². The summed E-state index contributed by atoms with van der Waals surface area (Å²) in [7, 11) is 0. The van der Waals surface area contributed by atoms with Gasteiger partial charge in [-0.15, -0.1) is 0 Å². The molecule has 6 heteroatoms. The quantitative estimate of drug-likeness (QED) is 0.211. The molecule has 0 saturated heterocycles. The number of H-pyrrole nitrogens is 2. The molecule has 3 aromatic heterocycles. The Labute approximate surface area is 179 Å². The number of hydrogen-bond donors (Lipinski definition) is 4. The lowest BCUT2D eigenvalue weighted by Gasteiger charge is -2.08. The molecule has 0 radical (unpaired) electrons. The third kappa shape index (κ3) is 2.91. The molecule has 154 valence electrons. The molecule has 0 aliphatic carbocycles. The van der Waals surface area contributed by atoms with Gasteiger partial charge in [-0.3, -0.25) is 0 Å². The molecule has 0 aliphatic heterocycles. The van der Waals surface area contributed by atoms with Gasteiger partial charge in [-0.2, -0.15) is 0 Å². The van der Waals surface area contributed by atoms with Crippen molar-refractivity contribution in [2.75, 3.05) is 0 Å². The smallest absolute Gasteiger partial charge is 0.142 e. The molecule has 2 aromatic carbocycles. The van der Waals surface area contributed by atoms with Crippen LogP contribution in [0.4, 0.5) is 0 Å². The first-order valence-corrected chi connectivity index (χ1v) is 10.2. The second-order valence-electron chi connectivity index (χ2n) is 7.98. The summed E-state index contributed by atoms with van der Waals surface area (Å²) < 4.78 is 0. The maximum absolute atomic E-state index is 10.1. The second-order valence-corrected chi connectivity index (χ2v) is 7.98. The van der Waals surface area contributed by atoms with Crippen LogP contribution in [0, 0.1) is 19.3 Å². The highest BCUT2D eigenvalue weighted by molar-refractivity contribution is 6.23. The fraction of sp³-hybridized carbons (Fsp3) is 0.160. The number of rotatable bonds is 3. The van der Waals surface area contributed by atoms with Crippen molar-refractivity contribution in [3.05, 3.63) is 65.3 Å². The van der Waals surface area contributed by atoms with E-state index < -0.39 is 0 Å². The van der Waals surface area contributed by atoms with Crippen LogP contribution in [0.5, 0.6) is 0 Å². The molecule has 5 rings (SSSR count). The van der Waals surface area contributed by atoms with Crippen LogP contribution in [0.25, 0.3) is 49.7 Å². The zero-order chi connectivity index (χ0) is 21.9. The number of nitrogens with zero attached hydrogens (tertiary/aromatic N) is 2. The van der Waals surface area contributed by atoms with Gasteiger partial charge < -0.3 is 20.5 Å². The average molecular weight is 409 g/mol. The van der Waals surface area contributed by atoms with Crippen molar-refractivity contribution < 1.29 is 5.11 Å². The van der Waals surface area contributed by atoms with E-state index >= 15 is 0 Å². The van der Waals surface area contributed by atoms with Crippen molar-refractivity contribution in [1.29, 1.82) is 5.41 Å². The Balaban J connectivity index is 1.85. The number of nitrogens with one attached hydrogen (secondary N) is 3. The molecule has 5 aromatic rings. The van der Waals surface area contributed by atoms with E-state index in [9.17, 15) is 5.11 Å². The third-order valence-electron chi connectivity index (χ3n) is 5.72. The number of aromatic amines is 2. The van der Waals surface area contributed by atoms with E-state index in [1.165, 1.54) is 0 Å². The predicted octanol–water partition coefficient (Wildman–Crippen LogP) is 6.20. The monoisotopic (exact) mass is 409 g/mol. The van der Waals surface area contributed by atoms with E-state index in [1.54, 1.807) is 13.8 Å². The SMILES string of the molecule is CC(=N)/C(=C(/C)O)c1ccc2c(c1)[nH]c1nc(C)nc(-c3c(C)[nH]c4ccccc34)c12. The third-order valence-corrected chi connectivity index (χ3v) is 5.72. The highest BCUT2D eigenvalue weighted by Crippen LogP contribution is 2.38. The minimum absolute atomic E-state index is 0.133. The number of fused-ring (bicyclic) bond motifs is 4. The van der Waals surface area contributed by atoms with Crippen molar-refractivity contribution in [2.45, 2.75) is 27.7 Å². The van der Waals surface area contributed by atoms with E-state index in [0.717, 1.165) is 55.4 Å². The molecule has 4 N–H and O–H groups in total. The number of aryl methyl sites for hydroxylation is 2. The Morgan fingerprint density at radius 2 is 1.71 bits per heavy atom. The summed E-state index contributed by atoms with van der Waals surface area (Å²) in [5.41, 5.74) is 7.44. The van der Waals surface area contributed by atoms with Crippen LogP contribution < -0.4 is 0 Å². The lowest BCUT2D eigenvalue weighted by Crippen LogP contribution is -1.98. The number of aliphatic hydroxyl groups is 1. The Kier molecular flexibility index (Phi) is 4.18. The van der Waals surface area contributed by atoms with Crippen molar-refractivity contribution >= 4 is 44.1 Å². The molecule has 0 aliphatic rings. The first-order valence-electron chi connectivity index (χ1n) is 10.2. The van der Waals surface area contributed by atoms with Gasteiger partial charge in [0, 0.05) is 44.3 Å². The summed E-state index contributed by atoms with van der Waals surface area (Å²) >= 11 is 0. The van der Waals surface area contributed by atoms with Crippen LogP contribution >= 0.6 is 0 Å². The highest BCUT2D eigenvalue weighted by atomic mass is 16.3. The van der Waals surface area contributed by atoms with E-state index in [0.29, 0.717) is 17.1 Å². The summed E-state index contributed by atoms with van der Waals surface area (Å²) in [6.45, 7) is 7.25. The fourth-order valence-corrected chi connectivity index (χ4v) is 4.53. The van der Waals surface area contributed by atoms with Gasteiger partial charge in [0.25, 0.3) is 0 Å². The average Bonchev–Trinajstić information content (AvgIpc) is 3.22. The highest BCUT2D eigenvalue weighted by Gasteiger charge is 2.20. The predicted molar refractivity (Wildman–Crippen MR) is 127 cm³/mol. The maximum atomic E-state index is 10.1. The van der Waals surface area contributed by atoms with Gasteiger partial charge in [-0.25, -0.2) is 9.97 Å². The number of hydrogen-bond acceptors (Lipinski definition) is 4. The van der Waals surface area contributed by atoms with E-state index in [2.05, 4.69) is 34.0 Å². The van der Waals surface area contributed by atoms with Crippen molar-refractivity contribution in [3.63, 3.8) is 0 Å². The van der Waals surface area contributed by atoms with Gasteiger partial charge >= 0.3 is 0 Å². The molecule has 0 unspecified atom stereocenters. The van der Waals surface area contributed by atoms with Crippen LogP contribution in [0.3, 0.4) is 0 Å². The van der Waals surface area contributed by atoms with Crippen molar-refractivity contribution in [1.82, 2.24) is 19.9 Å².